The largest absolute Gasteiger partial charge is 0.249 e. The summed E-state index contributed by atoms with van der Waals surface area (Å²) in [7, 11) is -3.94. The summed E-state index contributed by atoms with van der Waals surface area (Å²) in [5, 5.41) is 10.0. The number of nitrogens with zero attached hydrogens (tertiary/aromatic N) is 5. The summed E-state index contributed by atoms with van der Waals surface area (Å²) in [4.78, 5) is 12.2. The van der Waals surface area contributed by atoms with E-state index in [1.54, 1.807) is 43.4 Å². The molecular weight excluding hydrogens is 433 g/mol. The van der Waals surface area contributed by atoms with Gasteiger partial charge in [-0.2, -0.15) is 5.26 Å². The van der Waals surface area contributed by atoms with Gasteiger partial charge in [0.15, 0.2) is 5.65 Å². The highest BCUT2D eigenvalue weighted by atomic mass is 35.5. The van der Waals surface area contributed by atoms with Crippen LogP contribution in [0.3, 0.4) is 0 Å². The molecule has 1 atom stereocenters. The van der Waals surface area contributed by atoms with Crippen molar-refractivity contribution in [2.24, 2.45) is 0 Å². The molecule has 146 valence electrons. The Kier molecular flexibility index (Phi) is 4.69. The SMILES string of the molecule is CC1(S(=O)(=O)n2ccc3ccc(C#N)nc32)C=CC=C(c2nc(Cl)ncc2Cl)C1. The molecule has 10 heteroatoms. The Balaban J connectivity index is 1.80. The zero-order chi connectivity index (χ0) is 20.8. The summed E-state index contributed by atoms with van der Waals surface area (Å²) >= 11 is 12.1. The maximum Gasteiger partial charge on any atom is 0.249 e. The van der Waals surface area contributed by atoms with E-state index in [1.165, 1.54) is 12.4 Å². The average Bonchev–Trinajstić information content (AvgIpc) is 3.13. The molecule has 0 spiro atoms. The molecule has 3 aromatic rings. The Labute approximate surface area is 177 Å². The topological polar surface area (TPSA) is 102 Å². The Morgan fingerprint density at radius 2 is 2.03 bits per heavy atom. The zero-order valence-corrected chi connectivity index (χ0v) is 17.4. The van der Waals surface area contributed by atoms with Crippen LogP contribution in [0.4, 0.5) is 0 Å². The van der Waals surface area contributed by atoms with Gasteiger partial charge in [-0.25, -0.2) is 27.3 Å². The van der Waals surface area contributed by atoms with Crippen molar-refractivity contribution in [2.45, 2.75) is 18.1 Å². The standard InChI is InChI=1S/C19H13Cl2N5O2S/c1-19(7-2-3-13(9-19)16-15(20)11-23-18(21)25-16)29(27,28)26-8-6-12-4-5-14(10-22)24-17(12)26/h2-8,11H,9H2,1H3. The average molecular weight is 446 g/mol. The summed E-state index contributed by atoms with van der Waals surface area (Å²) in [6.45, 7) is 1.61. The van der Waals surface area contributed by atoms with Crippen LogP contribution in [0.15, 0.2) is 48.8 Å². The van der Waals surface area contributed by atoms with Crippen molar-refractivity contribution in [3.63, 3.8) is 0 Å². The Morgan fingerprint density at radius 3 is 2.79 bits per heavy atom. The molecule has 0 radical (unpaired) electrons. The summed E-state index contributed by atoms with van der Waals surface area (Å²) in [6, 6.07) is 6.79. The second kappa shape index (κ2) is 6.95. The molecule has 0 fully saturated rings. The molecule has 0 saturated heterocycles. The van der Waals surface area contributed by atoms with E-state index in [0.717, 1.165) is 3.97 Å². The van der Waals surface area contributed by atoms with Crippen LogP contribution < -0.4 is 0 Å². The van der Waals surface area contributed by atoms with Crippen LogP contribution in [-0.2, 0) is 10.0 Å². The van der Waals surface area contributed by atoms with Gasteiger partial charge in [-0.3, -0.25) is 0 Å². The van der Waals surface area contributed by atoms with Gasteiger partial charge in [-0.15, -0.1) is 0 Å². The van der Waals surface area contributed by atoms with Gasteiger partial charge in [0, 0.05) is 11.6 Å². The minimum atomic E-state index is -3.94. The lowest BCUT2D eigenvalue weighted by atomic mass is 9.93. The summed E-state index contributed by atoms with van der Waals surface area (Å²) < 4.78 is 27.0. The lowest BCUT2D eigenvalue weighted by Crippen LogP contribution is -2.38. The molecule has 1 unspecified atom stereocenters. The third-order valence-corrected chi connectivity index (χ3v) is 7.50. The van der Waals surface area contributed by atoms with Gasteiger partial charge < -0.3 is 0 Å². The Morgan fingerprint density at radius 1 is 1.24 bits per heavy atom. The highest BCUT2D eigenvalue weighted by molar-refractivity contribution is 7.91. The number of rotatable bonds is 3. The minimum Gasteiger partial charge on any atom is -0.227 e. The first-order valence-corrected chi connectivity index (χ1v) is 10.6. The van der Waals surface area contributed by atoms with Gasteiger partial charge in [0.2, 0.25) is 15.3 Å². The molecule has 1 aliphatic carbocycles. The summed E-state index contributed by atoms with van der Waals surface area (Å²) in [6.07, 6.45) is 7.97. The maximum atomic E-state index is 13.6. The summed E-state index contributed by atoms with van der Waals surface area (Å²) in [5.74, 6) is 0. The van der Waals surface area contributed by atoms with Gasteiger partial charge in [-0.05, 0) is 48.7 Å². The molecule has 0 bridgehead atoms. The number of fused-ring (bicyclic) bond motifs is 1. The van der Waals surface area contributed by atoms with E-state index >= 15 is 0 Å². The maximum absolute atomic E-state index is 13.6. The molecule has 3 aromatic heterocycles. The molecule has 0 amide bonds. The fourth-order valence-electron chi connectivity index (χ4n) is 3.24. The van der Waals surface area contributed by atoms with E-state index in [9.17, 15) is 8.42 Å². The van der Waals surface area contributed by atoms with E-state index in [4.69, 9.17) is 28.5 Å². The number of pyridine rings is 1. The van der Waals surface area contributed by atoms with Crippen LogP contribution in [0, 0.1) is 11.3 Å². The van der Waals surface area contributed by atoms with Gasteiger partial charge in [0.25, 0.3) is 0 Å². The number of allylic oxidation sites excluding steroid dienone is 3. The van der Waals surface area contributed by atoms with Crippen LogP contribution in [-0.4, -0.2) is 32.1 Å². The predicted octanol–water partition coefficient (Wildman–Crippen LogP) is 3.98. The van der Waals surface area contributed by atoms with Crippen LogP contribution in [0.2, 0.25) is 10.3 Å². The fraction of sp³-hybridized carbons (Fsp3) is 0.158. The monoisotopic (exact) mass is 445 g/mol. The van der Waals surface area contributed by atoms with Gasteiger partial charge in [0.05, 0.1) is 16.9 Å². The number of halogens is 2. The van der Waals surface area contributed by atoms with E-state index < -0.39 is 14.8 Å². The molecule has 7 nitrogen and oxygen atoms in total. The lowest BCUT2D eigenvalue weighted by molar-refractivity contribution is 0.556. The van der Waals surface area contributed by atoms with Crippen LogP contribution in [0.25, 0.3) is 16.6 Å². The third-order valence-electron chi connectivity index (χ3n) is 4.77. The third kappa shape index (κ3) is 3.21. The summed E-state index contributed by atoms with van der Waals surface area (Å²) in [5.41, 5.74) is 1.35. The van der Waals surface area contributed by atoms with Crippen molar-refractivity contribution in [1.29, 1.82) is 5.26 Å². The molecular formula is C19H13Cl2N5O2S. The molecule has 3 heterocycles. The molecule has 0 aliphatic heterocycles. The smallest absolute Gasteiger partial charge is 0.227 e. The Bertz CT molecular complexity index is 1350. The molecule has 0 aromatic carbocycles. The fourth-order valence-corrected chi connectivity index (χ4v) is 5.22. The number of aromatic nitrogens is 4. The Hall–Kier alpha value is -2.73. The van der Waals surface area contributed by atoms with Crippen LogP contribution in [0.5, 0.6) is 0 Å². The molecule has 0 N–H and O–H groups in total. The second-order valence-electron chi connectivity index (χ2n) is 6.71. The first-order chi connectivity index (χ1) is 13.7. The highest BCUT2D eigenvalue weighted by Crippen LogP contribution is 2.38. The molecule has 0 saturated carbocycles. The first-order valence-electron chi connectivity index (χ1n) is 8.45. The van der Waals surface area contributed by atoms with Crippen molar-refractivity contribution in [3.8, 4) is 6.07 Å². The number of hydrogen-bond acceptors (Lipinski definition) is 6. The van der Waals surface area contributed by atoms with Gasteiger partial charge >= 0.3 is 0 Å². The molecule has 1 aliphatic rings. The van der Waals surface area contributed by atoms with Crippen molar-refractivity contribution >= 4 is 49.8 Å². The second-order valence-corrected chi connectivity index (χ2v) is 9.74. The molecule has 29 heavy (non-hydrogen) atoms. The van der Waals surface area contributed by atoms with E-state index in [-0.39, 0.29) is 28.1 Å². The molecule has 4 rings (SSSR count). The first kappa shape index (κ1) is 19.6. The van der Waals surface area contributed by atoms with Crippen LogP contribution >= 0.6 is 23.2 Å². The zero-order valence-electron chi connectivity index (χ0n) is 15.0. The number of hydrogen-bond donors (Lipinski definition) is 0. The van der Waals surface area contributed by atoms with E-state index in [1.807, 2.05) is 6.07 Å². The quantitative estimate of drug-likeness (QED) is 0.564. The van der Waals surface area contributed by atoms with Gasteiger partial charge in [0.1, 0.15) is 16.5 Å². The number of nitriles is 1. The lowest BCUT2D eigenvalue weighted by Gasteiger charge is -2.30. The van der Waals surface area contributed by atoms with Crippen molar-refractivity contribution in [1.82, 2.24) is 18.9 Å². The van der Waals surface area contributed by atoms with Crippen LogP contribution in [0.1, 0.15) is 24.7 Å². The van der Waals surface area contributed by atoms with Gasteiger partial charge in [-0.1, -0.05) is 29.8 Å². The predicted molar refractivity (Wildman–Crippen MR) is 111 cm³/mol. The van der Waals surface area contributed by atoms with Crippen molar-refractivity contribution in [3.05, 3.63) is 70.5 Å². The minimum absolute atomic E-state index is 0.0223. The van der Waals surface area contributed by atoms with E-state index in [2.05, 4.69) is 15.0 Å². The van der Waals surface area contributed by atoms with E-state index in [0.29, 0.717) is 16.7 Å². The van der Waals surface area contributed by atoms with Crippen molar-refractivity contribution in [2.75, 3.05) is 0 Å². The van der Waals surface area contributed by atoms with Crippen molar-refractivity contribution < 1.29 is 8.42 Å². The highest BCUT2D eigenvalue weighted by Gasteiger charge is 2.41. The normalized spacial score (nSPS) is 19.2.